The van der Waals surface area contributed by atoms with Gasteiger partial charge in [0.1, 0.15) is 5.78 Å². The quantitative estimate of drug-likeness (QED) is 0.570. The molecule has 0 aromatic rings. The molecule has 14 heavy (non-hydrogen) atoms. The van der Waals surface area contributed by atoms with E-state index in [9.17, 15) is 4.79 Å². The molecule has 0 aliphatic heterocycles. The lowest BCUT2D eigenvalue weighted by Gasteiger charge is -2.13. The van der Waals surface area contributed by atoms with E-state index in [0.717, 1.165) is 38.5 Å². The number of Topliss-reactive ketones (excluding diaryl/α,β-unsaturated/α-hetero) is 1. The van der Waals surface area contributed by atoms with Crippen LogP contribution in [0.15, 0.2) is 35.5 Å². The summed E-state index contributed by atoms with van der Waals surface area (Å²) >= 11 is 0. The number of hydrogen-bond acceptors (Lipinski definition) is 1. The Morgan fingerprint density at radius 1 is 0.857 bits per heavy atom. The zero-order valence-corrected chi connectivity index (χ0v) is 8.46. The van der Waals surface area contributed by atoms with E-state index >= 15 is 0 Å². The molecule has 0 N–H and O–H groups in total. The average Bonchev–Trinajstić information content (AvgIpc) is 2.63. The summed E-state index contributed by atoms with van der Waals surface area (Å²) in [4.78, 5) is 11.2. The Bertz CT molecular complexity index is 290. The molecule has 0 amide bonds. The van der Waals surface area contributed by atoms with Crippen LogP contribution in [0.25, 0.3) is 0 Å². The number of rotatable bonds is 0. The van der Waals surface area contributed by atoms with Gasteiger partial charge in [0.2, 0.25) is 0 Å². The van der Waals surface area contributed by atoms with E-state index in [1.165, 1.54) is 5.57 Å². The van der Waals surface area contributed by atoms with Crippen LogP contribution < -0.4 is 0 Å². The molecule has 0 atom stereocenters. The van der Waals surface area contributed by atoms with Crippen LogP contribution in [0.5, 0.6) is 0 Å². The third kappa shape index (κ3) is 2.22. The predicted molar refractivity (Wildman–Crippen MR) is 58.0 cm³/mol. The second-order valence-electron chi connectivity index (χ2n) is 4.02. The topological polar surface area (TPSA) is 17.1 Å². The monoisotopic (exact) mass is 188 g/mol. The van der Waals surface area contributed by atoms with Crippen LogP contribution in [0.1, 0.15) is 38.5 Å². The summed E-state index contributed by atoms with van der Waals surface area (Å²) in [5.74, 6) is 0.451. The van der Waals surface area contributed by atoms with E-state index < -0.39 is 0 Å². The Kier molecular flexibility index (Phi) is 2.97. The van der Waals surface area contributed by atoms with Gasteiger partial charge in [0.15, 0.2) is 0 Å². The predicted octanol–water partition coefficient (Wildman–Crippen LogP) is 3.33. The van der Waals surface area contributed by atoms with Gasteiger partial charge < -0.3 is 0 Å². The molecule has 1 fully saturated rings. The fourth-order valence-corrected chi connectivity index (χ4v) is 2.15. The molecule has 0 unspecified atom stereocenters. The van der Waals surface area contributed by atoms with Crippen molar-refractivity contribution in [1.82, 2.24) is 0 Å². The highest BCUT2D eigenvalue weighted by atomic mass is 16.1. The van der Waals surface area contributed by atoms with Crippen LogP contribution in [0, 0.1) is 0 Å². The molecule has 2 aliphatic rings. The molecule has 1 nitrogen and oxygen atoms in total. The first-order valence-electron chi connectivity index (χ1n) is 5.45. The number of hydrogen-bond donors (Lipinski definition) is 0. The molecule has 0 radical (unpaired) electrons. The molecular weight excluding hydrogens is 172 g/mol. The van der Waals surface area contributed by atoms with Crippen LogP contribution in [0.3, 0.4) is 0 Å². The first-order chi connectivity index (χ1) is 6.86. The van der Waals surface area contributed by atoms with E-state index in [-0.39, 0.29) is 0 Å². The maximum absolute atomic E-state index is 11.2. The van der Waals surface area contributed by atoms with Crippen molar-refractivity contribution in [2.24, 2.45) is 0 Å². The van der Waals surface area contributed by atoms with E-state index in [0.29, 0.717) is 5.78 Å². The van der Waals surface area contributed by atoms with Crippen LogP contribution in [-0.2, 0) is 4.79 Å². The van der Waals surface area contributed by atoms with Crippen molar-refractivity contribution in [3.63, 3.8) is 0 Å². The minimum absolute atomic E-state index is 0.451. The maximum Gasteiger partial charge on any atom is 0.132 e. The summed E-state index contributed by atoms with van der Waals surface area (Å²) in [5.41, 5.74) is 2.93. The molecule has 1 heteroatoms. The standard InChI is InChI=1S/C13H16O/c14-13-9-3-7-12(8-4-10-13)11-5-1-2-6-11/h1-2,5-6H,3-4,7-10H2. The van der Waals surface area contributed by atoms with Gasteiger partial charge in [-0.05, 0) is 31.3 Å². The van der Waals surface area contributed by atoms with E-state index in [4.69, 9.17) is 0 Å². The molecule has 0 saturated heterocycles. The fraction of sp³-hybridized carbons (Fsp3) is 0.462. The van der Waals surface area contributed by atoms with Gasteiger partial charge in [0.05, 0.1) is 0 Å². The number of allylic oxidation sites excluding steroid dienone is 6. The lowest BCUT2D eigenvalue weighted by atomic mass is 9.92. The van der Waals surface area contributed by atoms with Crippen molar-refractivity contribution >= 4 is 5.78 Å². The van der Waals surface area contributed by atoms with Crippen molar-refractivity contribution in [2.45, 2.75) is 38.5 Å². The van der Waals surface area contributed by atoms with Gasteiger partial charge >= 0.3 is 0 Å². The highest BCUT2D eigenvalue weighted by molar-refractivity contribution is 5.78. The normalized spacial score (nSPS) is 22.7. The van der Waals surface area contributed by atoms with Gasteiger partial charge in [-0.2, -0.15) is 0 Å². The van der Waals surface area contributed by atoms with E-state index in [2.05, 4.69) is 24.3 Å². The van der Waals surface area contributed by atoms with Gasteiger partial charge in [0.25, 0.3) is 0 Å². The summed E-state index contributed by atoms with van der Waals surface area (Å²) < 4.78 is 0. The summed E-state index contributed by atoms with van der Waals surface area (Å²) in [6.45, 7) is 0. The zero-order valence-electron chi connectivity index (χ0n) is 8.46. The third-order valence-corrected chi connectivity index (χ3v) is 2.94. The summed E-state index contributed by atoms with van der Waals surface area (Å²) in [6, 6.07) is 0. The van der Waals surface area contributed by atoms with Crippen LogP contribution in [0.4, 0.5) is 0 Å². The smallest absolute Gasteiger partial charge is 0.132 e. The van der Waals surface area contributed by atoms with Crippen molar-refractivity contribution in [1.29, 1.82) is 0 Å². The minimum Gasteiger partial charge on any atom is -0.300 e. The van der Waals surface area contributed by atoms with Crippen molar-refractivity contribution in [3.8, 4) is 0 Å². The Balaban J connectivity index is 2.06. The molecule has 1 saturated carbocycles. The zero-order chi connectivity index (χ0) is 9.80. The molecule has 74 valence electrons. The molecule has 2 rings (SSSR count). The molecular formula is C13H16O. The van der Waals surface area contributed by atoms with Crippen molar-refractivity contribution in [2.75, 3.05) is 0 Å². The maximum atomic E-state index is 11.2. The van der Waals surface area contributed by atoms with Gasteiger partial charge in [-0.3, -0.25) is 4.79 Å². The SMILES string of the molecule is O=C1CCCC(=C2C=CC=C2)CCC1. The molecule has 0 aromatic heterocycles. The van der Waals surface area contributed by atoms with Gasteiger partial charge in [-0.15, -0.1) is 0 Å². The second kappa shape index (κ2) is 4.41. The summed E-state index contributed by atoms with van der Waals surface area (Å²) in [5, 5.41) is 0. The Morgan fingerprint density at radius 3 is 2.00 bits per heavy atom. The van der Waals surface area contributed by atoms with Gasteiger partial charge in [0, 0.05) is 12.8 Å². The number of carbonyl (C=O) groups is 1. The average molecular weight is 188 g/mol. The number of carbonyl (C=O) groups excluding carboxylic acids is 1. The molecule has 0 aromatic carbocycles. The molecule has 0 bridgehead atoms. The number of ketones is 1. The summed E-state index contributed by atoms with van der Waals surface area (Å²) in [6.07, 6.45) is 14.4. The Morgan fingerprint density at radius 2 is 1.43 bits per heavy atom. The third-order valence-electron chi connectivity index (χ3n) is 2.94. The van der Waals surface area contributed by atoms with Crippen LogP contribution >= 0.6 is 0 Å². The molecule has 0 spiro atoms. The fourth-order valence-electron chi connectivity index (χ4n) is 2.15. The molecule has 0 heterocycles. The highest BCUT2D eigenvalue weighted by Gasteiger charge is 2.11. The lowest BCUT2D eigenvalue weighted by molar-refractivity contribution is -0.119. The second-order valence-corrected chi connectivity index (χ2v) is 4.02. The van der Waals surface area contributed by atoms with Gasteiger partial charge in [-0.25, -0.2) is 0 Å². The van der Waals surface area contributed by atoms with Crippen molar-refractivity contribution in [3.05, 3.63) is 35.5 Å². The van der Waals surface area contributed by atoms with E-state index in [1.54, 1.807) is 5.57 Å². The summed E-state index contributed by atoms with van der Waals surface area (Å²) in [7, 11) is 0. The Labute approximate surface area is 85.2 Å². The Hall–Kier alpha value is -1.11. The van der Waals surface area contributed by atoms with Crippen LogP contribution in [-0.4, -0.2) is 5.78 Å². The van der Waals surface area contributed by atoms with E-state index in [1.807, 2.05) is 0 Å². The first-order valence-corrected chi connectivity index (χ1v) is 5.45. The first kappa shape index (κ1) is 9.45. The minimum atomic E-state index is 0.451. The largest absolute Gasteiger partial charge is 0.300 e. The molecule has 2 aliphatic carbocycles. The lowest BCUT2D eigenvalue weighted by Crippen LogP contribution is -2.03. The van der Waals surface area contributed by atoms with Crippen molar-refractivity contribution < 1.29 is 4.79 Å². The highest BCUT2D eigenvalue weighted by Crippen LogP contribution is 2.25. The van der Waals surface area contributed by atoms with Crippen LogP contribution in [0.2, 0.25) is 0 Å². The van der Waals surface area contributed by atoms with Gasteiger partial charge in [-0.1, -0.05) is 29.9 Å².